The molecule has 1 heterocycles. The summed E-state index contributed by atoms with van der Waals surface area (Å²) in [4.78, 5) is 14.2. The second kappa shape index (κ2) is 9.22. The number of nitrogens with zero attached hydrogens (tertiary/aromatic N) is 1. The molecule has 5 nitrogen and oxygen atoms in total. The first-order chi connectivity index (χ1) is 13.2. The summed E-state index contributed by atoms with van der Waals surface area (Å²) in [6, 6.07) is 15.0. The molecule has 0 bridgehead atoms. The van der Waals surface area contributed by atoms with Crippen molar-refractivity contribution in [3.8, 4) is 18.1 Å². The van der Waals surface area contributed by atoms with Crippen LogP contribution >= 0.6 is 0 Å². The quantitative estimate of drug-likeness (QED) is 0.582. The van der Waals surface area contributed by atoms with Gasteiger partial charge in [0.15, 0.2) is 0 Å². The molecule has 1 unspecified atom stereocenters. The molecule has 0 aliphatic carbocycles. The lowest BCUT2D eigenvalue weighted by molar-refractivity contribution is -0.0504. The molecule has 1 atom stereocenters. The van der Waals surface area contributed by atoms with Crippen molar-refractivity contribution in [3.63, 3.8) is 0 Å². The number of esters is 1. The highest BCUT2D eigenvalue weighted by Gasteiger charge is 2.23. The van der Waals surface area contributed by atoms with Gasteiger partial charge in [-0.1, -0.05) is 30.2 Å². The van der Waals surface area contributed by atoms with Gasteiger partial charge in [0.05, 0.1) is 19.3 Å². The van der Waals surface area contributed by atoms with Gasteiger partial charge in [-0.3, -0.25) is 4.90 Å². The van der Waals surface area contributed by atoms with E-state index in [4.69, 9.17) is 20.6 Å². The lowest BCUT2D eigenvalue weighted by atomic mass is 10.1. The Kier molecular flexibility index (Phi) is 6.48. The summed E-state index contributed by atoms with van der Waals surface area (Å²) in [5.74, 6) is 3.03. The molecule has 1 aliphatic heterocycles. The van der Waals surface area contributed by atoms with Gasteiger partial charge in [-0.2, -0.15) is 0 Å². The van der Waals surface area contributed by atoms with E-state index >= 15 is 0 Å². The van der Waals surface area contributed by atoms with Crippen molar-refractivity contribution >= 4 is 5.97 Å². The Labute approximate surface area is 159 Å². The predicted molar refractivity (Wildman–Crippen MR) is 103 cm³/mol. The number of hydrogen-bond acceptors (Lipinski definition) is 5. The molecule has 0 aromatic heterocycles. The molecule has 1 aliphatic rings. The van der Waals surface area contributed by atoms with Crippen LogP contribution in [0.25, 0.3) is 0 Å². The second-order valence-corrected chi connectivity index (χ2v) is 6.36. The number of methoxy groups -OCH3 is 1. The predicted octanol–water partition coefficient (Wildman–Crippen LogP) is 2.73. The maximum absolute atomic E-state index is 12.0. The average molecular weight is 365 g/mol. The summed E-state index contributed by atoms with van der Waals surface area (Å²) in [6.07, 6.45) is 5.38. The molecule has 0 saturated carbocycles. The molecular weight excluding hydrogens is 342 g/mol. The standard InChI is InChI=1S/C22H23NO4/c1-3-17-7-6-9-19(13-17)27-16-20-15-23(11-12-26-20)14-18-8-4-5-10-21(18)22(24)25-2/h1,4-10,13,20H,11-12,14-16H2,2H3. The minimum atomic E-state index is -0.313. The van der Waals surface area contributed by atoms with Crippen molar-refractivity contribution < 1.29 is 19.0 Å². The molecule has 2 aromatic rings. The van der Waals surface area contributed by atoms with Crippen LogP contribution in [0.2, 0.25) is 0 Å². The topological polar surface area (TPSA) is 48.0 Å². The number of terminal acetylenes is 1. The largest absolute Gasteiger partial charge is 0.491 e. The molecule has 0 N–H and O–H groups in total. The van der Waals surface area contributed by atoms with Crippen LogP contribution in [0.4, 0.5) is 0 Å². The molecule has 1 fully saturated rings. The molecule has 27 heavy (non-hydrogen) atoms. The molecular formula is C22H23NO4. The highest BCUT2D eigenvalue weighted by molar-refractivity contribution is 5.90. The van der Waals surface area contributed by atoms with Gasteiger partial charge in [-0.25, -0.2) is 4.79 Å². The van der Waals surface area contributed by atoms with Gasteiger partial charge >= 0.3 is 5.97 Å². The van der Waals surface area contributed by atoms with Crippen molar-refractivity contribution in [2.75, 3.05) is 33.4 Å². The molecule has 0 radical (unpaired) electrons. The van der Waals surface area contributed by atoms with Crippen LogP contribution in [0.15, 0.2) is 48.5 Å². The van der Waals surface area contributed by atoms with Crippen molar-refractivity contribution in [1.29, 1.82) is 0 Å². The minimum Gasteiger partial charge on any atom is -0.491 e. The van der Waals surface area contributed by atoms with Gasteiger partial charge in [-0.15, -0.1) is 6.42 Å². The van der Waals surface area contributed by atoms with Crippen LogP contribution in [0.1, 0.15) is 21.5 Å². The van der Waals surface area contributed by atoms with Gasteiger partial charge in [0.25, 0.3) is 0 Å². The van der Waals surface area contributed by atoms with E-state index in [1.54, 1.807) is 6.07 Å². The molecule has 1 saturated heterocycles. The molecule has 5 heteroatoms. The zero-order valence-electron chi connectivity index (χ0n) is 15.4. The van der Waals surface area contributed by atoms with Crippen LogP contribution in [-0.2, 0) is 16.0 Å². The number of carbonyl (C=O) groups is 1. The van der Waals surface area contributed by atoms with Gasteiger partial charge in [-0.05, 0) is 29.8 Å². The van der Waals surface area contributed by atoms with E-state index in [0.717, 1.165) is 30.0 Å². The zero-order chi connectivity index (χ0) is 19.1. The summed E-state index contributed by atoms with van der Waals surface area (Å²) >= 11 is 0. The van der Waals surface area contributed by atoms with Crippen LogP contribution in [-0.4, -0.2) is 50.4 Å². The second-order valence-electron chi connectivity index (χ2n) is 6.36. The first-order valence-electron chi connectivity index (χ1n) is 8.89. The van der Waals surface area contributed by atoms with E-state index in [0.29, 0.717) is 25.3 Å². The van der Waals surface area contributed by atoms with Gasteiger partial charge in [0.2, 0.25) is 0 Å². The third-order valence-corrected chi connectivity index (χ3v) is 4.48. The number of rotatable bonds is 6. The van der Waals surface area contributed by atoms with E-state index in [1.807, 2.05) is 42.5 Å². The Hall–Kier alpha value is -2.81. The van der Waals surface area contributed by atoms with E-state index in [1.165, 1.54) is 7.11 Å². The number of benzene rings is 2. The van der Waals surface area contributed by atoms with Gasteiger partial charge < -0.3 is 14.2 Å². The Morgan fingerprint density at radius 1 is 1.30 bits per heavy atom. The minimum absolute atomic E-state index is 0.0430. The normalized spacial score (nSPS) is 17.1. The summed E-state index contributed by atoms with van der Waals surface area (Å²) in [5.41, 5.74) is 2.34. The first kappa shape index (κ1) is 19.0. The Morgan fingerprint density at radius 3 is 2.96 bits per heavy atom. The lowest BCUT2D eigenvalue weighted by Crippen LogP contribution is -2.44. The van der Waals surface area contributed by atoms with Crippen molar-refractivity contribution in [2.45, 2.75) is 12.6 Å². The monoisotopic (exact) mass is 365 g/mol. The van der Waals surface area contributed by atoms with Crippen molar-refractivity contribution in [2.24, 2.45) is 0 Å². The molecule has 0 spiro atoms. The Morgan fingerprint density at radius 2 is 2.15 bits per heavy atom. The number of morpholine rings is 1. The number of carbonyl (C=O) groups excluding carboxylic acids is 1. The number of hydrogen-bond donors (Lipinski definition) is 0. The SMILES string of the molecule is C#Cc1cccc(OCC2CN(Cc3ccccc3C(=O)OC)CCO2)c1. The van der Waals surface area contributed by atoms with Crippen molar-refractivity contribution in [3.05, 3.63) is 65.2 Å². The van der Waals surface area contributed by atoms with Gasteiger partial charge in [0, 0.05) is 25.2 Å². The zero-order valence-corrected chi connectivity index (χ0v) is 15.4. The molecule has 2 aromatic carbocycles. The van der Waals surface area contributed by atoms with E-state index in [2.05, 4.69) is 10.8 Å². The Balaban J connectivity index is 1.58. The highest BCUT2D eigenvalue weighted by Crippen LogP contribution is 2.17. The molecule has 140 valence electrons. The summed E-state index contributed by atoms with van der Waals surface area (Å²) < 4.78 is 16.5. The fraction of sp³-hybridized carbons (Fsp3) is 0.318. The van der Waals surface area contributed by atoms with E-state index < -0.39 is 0 Å². The summed E-state index contributed by atoms with van der Waals surface area (Å²) in [5, 5.41) is 0. The molecule has 3 rings (SSSR count). The van der Waals surface area contributed by atoms with E-state index in [9.17, 15) is 4.79 Å². The van der Waals surface area contributed by atoms with E-state index in [-0.39, 0.29) is 12.1 Å². The lowest BCUT2D eigenvalue weighted by Gasteiger charge is -2.33. The fourth-order valence-corrected chi connectivity index (χ4v) is 3.10. The highest BCUT2D eigenvalue weighted by atomic mass is 16.5. The number of ether oxygens (including phenoxy) is 3. The van der Waals surface area contributed by atoms with Gasteiger partial charge in [0.1, 0.15) is 18.5 Å². The van der Waals surface area contributed by atoms with Crippen LogP contribution in [0, 0.1) is 12.3 Å². The summed E-state index contributed by atoms with van der Waals surface area (Å²) in [7, 11) is 1.40. The van der Waals surface area contributed by atoms with Crippen LogP contribution in [0.5, 0.6) is 5.75 Å². The maximum Gasteiger partial charge on any atom is 0.338 e. The van der Waals surface area contributed by atoms with Crippen molar-refractivity contribution in [1.82, 2.24) is 4.90 Å². The molecule has 0 amide bonds. The fourth-order valence-electron chi connectivity index (χ4n) is 3.10. The van der Waals surface area contributed by atoms with Crippen LogP contribution in [0.3, 0.4) is 0 Å². The average Bonchev–Trinajstić information content (AvgIpc) is 2.72. The summed E-state index contributed by atoms with van der Waals surface area (Å²) in [6.45, 7) is 3.27. The third-order valence-electron chi connectivity index (χ3n) is 4.48. The Bertz CT molecular complexity index is 827. The maximum atomic E-state index is 12.0. The smallest absolute Gasteiger partial charge is 0.338 e. The van der Waals surface area contributed by atoms with Crippen LogP contribution < -0.4 is 4.74 Å². The third kappa shape index (κ3) is 5.10. The first-order valence-corrected chi connectivity index (χ1v) is 8.89.